The van der Waals surface area contributed by atoms with E-state index in [9.17, 15) is 0 Å². The van der Waals surface area contributed by atoms with Crippen molar-refractivity contribution in [3.63, 3.8) is 0 Å². The van der Waals surface area contributed by atoms with Gasteiger partial charge in [0, 0.05) is 0 Å². The summed E-state index contributed by atoms with van der Waals surface area (Å²) in [7, 11) is 0. The van der Waals surface area contributed by atoms with Crippen LogP contribution in [0.25, 0.3) is 0 Å². The molecule has 0 bridgehead atoms. The molecule has 1 aliphatic rings. The predicted octanol–water partition coefficient (Wildman–Crippen LogP) is 3.10. The van der Waals surface area contributed by atoms with Crippen LogP contribution in [0.2, 0.25) is 0 Å². The molecule has 72 valence electrons. The predicted molar refractivity (Wildman–Crippen MR) is 56.6 cm³/mol. The Kier molecular flexibility index (Phi) is 3.49. The van der Waals surface area contributed by atoms with Gasteiger partial charge >= 0.3 is 0 Å². The van der Waals surface area contributed by atoms with Crippen molar-refractivity contribution in [2.45, 2.75) is 26.9 Å². The van der Waals surface area contributed by atoms with Gasteiger partial charge in [-0.1, -0.05) is 38.7 Å². The van der Waals surface area contributed by atoms with Crippen LogP contribution in [0, 0.1) is 5.92 Å². The normalized spacial score (nSPS) is 23.5. The first-order valence-corrected chi connectivity index (χ1v) is 4.80. The highest BCUT2D eigenvalue weighted by Gasteiger charge is 2.25. The zero-order valence-electron chi connectivity index (χ0n) is 8.71. The Balaban J connectivity index is 2.93. The molecule has 0 spiro atoms. The van der Waals surface area contributed by atoms with E-state index in [1.165, 1.54) is 11.1 Å². The van der Waals surface area contributed by atoms with Gasteiger partial charge in [0.05, 0.1) is 12.7 Å². The minimum Gasteiger partial charge on any atom is -0.369 e. The molecule has 0 amide bonds. The lowest BCUT2D eigenvalue weighted by atomic mass is 9.97. The van der Waals surface area contributed by atoms with Crippen LogP contribution in [0.5, 0.6) is 0 Å². The van der Waals surface area contributed by atoms with Gasteiger partial charge in [-0.2, -0.15) is 0 Å². The van der Waals surface area contributed by atoms with E-state index in [0.29, 0.717) is 12.5 Å². The largest absolute Gasteiger partial charge is 0.369 e. The van der Waals surface area contributed by atoms with Gasteiger partial charge in [0.15, 0.2) is 0 Å². The summed E-state index contributed by atoms with van der Waals surface area (Å²) in [5, 5.41) is 0. The average molecular weight is 178 g/mol. The van der Waals surface area contributed by atoms with Gasteiger partial charge in [0.2, 0.25) is 0 Å². The van der Waals surface area contributed by atoms with Crippen molar-refractivity contribution in [2.75, 3.05) is 6.61 Å². The third-order valence-corrected chi connectivity index (χ3v) is 2.29. The Morgan fingerprint density at radius 2 is 2.23 bits per heavy atom. The molecule has 1 heteroatoms. The molecule has 0 aromatic heterocycles. The molecule has 0 aromatic rings. The summed E-state index contributed by atoms with van der Waals surface area (Å²) in [5.74, 6) is 0.531. The lowest BCUT2D eigenvalue weighted by molar-refractivity contribution is 0.0877. The van der Waals surface area contributed by atoms with Gasteiger partial charge in [-0.3, -0.25) is 0 Å². The molecule has 13 heavy (non-hydrogen) atoms. The summed E-state index contributed by atoms with van der Waals surface area (Å²) in [6, 6.07) is 0. The van der Waals surface area contributed by atoms with E-state index in [0.717, 1.165) is 0 Å². The maximum absolute atomic E-state index is 5.69. The van der Waals surface area contributed by atoms with Crippen molar-refractivity contribution >= 4 is 0 Å². The highest BCUT2D eigenvalue weighted by molar-refractivity contribution is 5.38. The molecule has 0 saturated carbocycles. The smallest absolute Gasteiger partial charge is 0.0855 e. The van der Waals surface area contributed by atoms with Crippen LogP contribution < -0.4 is 0 Å². The second kappa shape index (κ2) is 4.43. The van der Waals surface area contributed by atoms with Crippen molar-refractivity contribution in [3.05, 3.63) is 36.0 Å². The first-order chi connectivity index (χ1) is 6.20. The van der Waals surface area contributed by atoms with Crippen LogP contribution in [0.1, 0.15) is 20.8 Å². The summed E-state index contributed by atoms with van der Waals surface area (Å²) in [5.41, 5.74) is 2.53. The van der Waals surface area contributed by atoms with E-state index in [1.807, 2.05) is 13.0 Å². The third kappa shape index (κ3) is 2.10. The Morgan fingerprint density at radius 1 is 1.54 bits per heavy atom. The lowest BCUT2D eigenvalue weighted by Gasteiger charge is -2.15. The van der Waals surface area contributed by atoms with Crippen LogP contribution in [0.3, 0.4) is 0 Å². The average Bonchev–Trinajstić information content (AvgIpc) is 2.48. The summed E-state index contributed by atoms with van der Waals surface area (Å²) < 4.78 is 5.69. The number of ether oxygens (including phenoxy) is 1. The molecule has 0 fully saturated rings. The van der Waals surface area contributed by atoms with Gasteiger partial charge in [0.1, 0.15) is 0 Å². The quantitative estimate of drug-likeness (QED) is 0.645. The Morgan fingerprint density at radius 3 is 2.69 bits per heavy atom. The Bertz CT molecular complexity index is 246. The van der Waals surface area contributed by atoms with Crippen LogP contribution in [-0.4, -0.2) is 12.7 Å². The van der Waals surface area contributed by atoms with Crippen LogP contribution in [0.4, 0.5) is 0 Å². The van der Waals surface area contributed by atoms with Crippen LogP contribution >= 0.6 is 0 Å². The molecule has 1 aliphatic heterocycles. The summed E-state index contributed by atoms with van der Waals surface area (Å²) in [4.78, 5) is 0. The van der Waals surface area contributed by atoms with E-state index in [1.54, 1.807) is 0 Å². The molecule has 1 nitrogen and oxygen atoms in total. The van der Waals surface area contributed by atoms with Gasteiger partial charge in [-0.15, -0.1) is 0 Å². The number of hydrogen-bond acceptors (Lipinski definition) is 1. The Labute approximate surface area is 80.8 Å². The van der Waals surface area contributed by atoms with Gasteiger partial charge in [0.25, 0.3) is 0 Å². The minimum absolute atomic E-state index is 0.254. The van der Waals surface area contributed by atoms with E-state index >= 15 is 0 Å². The molecule has 1 unspecified atom stereocenters. The van der Waals surface area contributed by atoms with Crippen molar-refractivity contribution in [3.8, 4) is 0 Å². The van der Waals surface area contributed by atoms with Crippen molar-refractivity contribution in [1.82, 2.24) is 0 Å². The zero-order valence-corrected chi connectivity index (χ0v) is 8.71. The lowest BCUT2D eigenvalue weighted by Crippen LogP contribution is -2.16. The maximum Gasteiger partial charge on any atom is 0.0855 e. The minimum atomic E-state index is 0.254. The monoisotopic (exact) mass is 178 g/mol. The summed E-state index contributed by atoms with van der Waals surface area (Å²) in [6.45, 7) is 10.9. The van der Waals surface area contributed by atoms with E-state index < -0.39 is 0 Å². The topological polar surface area (TPSA) is 9.23 Å². The molecule has 0 aliphatic carbocycles. The van der Waals surface area contributed by atoms with Gasteiger partial charge in [-0.05, 0) is 24.0 Å². The van der Waals surface area contributed by atoms with Crippen LogP contribution in [0.15, 0.2) is 36.0 Å². The fourth-order valence-corrected chi connectivity index (χ4v) is 1.65. The SMILES string of the molecule is C=CC1=C(/C=C\C)C(C(C)C)OC1. The fraction of sp³-hybridized carbons (Fsp3) is 0.500. The first-order valence-electron chi connectivity index (χ1n) is 4.80. The second-order valence-electron chi connectivity index (χ2n) is 3.66. The highest BCUT2D eigenvalue weighted by Crippen LogP contribution is 2.28. The number of hydrogen-bond donors (Lipinski definition) is 0. The second-order valence-corrected chi connectivity index (χ2v) is 3.66. The summed E-state index contributed by atoms with van der Waals surface area (Å²) >= 11 is 0. The van der Waals surface area contributed by atoms with Crippen molar-refractivity contribution in [2.24, 2.45) is 5.92 Å². The third-order valence-electron chi connectivity index (χ3n) is 2.29. The highest BCUT2D eigenvalue weighted by atomic mass is 16.5. The van der Waals surface area contributed by atoms with Crippen molar-refractivity contribution < 1.29 is 4.74 Å². The molecule has 0 saturated heterocycles. The summed E-state index contributed by atoms with van der Waals surface area (Å²) in [6.07, 6.45) is 6.35. The standard InChI is InChI=1S/C12H18O/c1-5-7-11-10(6-2)8-13-12(11)9(3)4/h5-7,9,12H,2,8H2,1,3-4H3/b7-5-. The molecule has 1 heterocycles. The molecule has 0 radical (unpaired) electrons. The number of allylic oxidation sites excluding steroid dienone is 1. The van der Waals surface area contributed by atoms with Crippen LogP contribution in [-0.2, 0) is 4.74 Å². The number of rotatable bonds is 3. The maximum atomic E-state index is 5.69. The first kappa shape index (κ1) is 10.3. The molecular weight excluding hydrogens is 160 g/mol. The van der Waals surface area contributed by atoms with Gasteiger partial charge in [-0.25, -0.2) is 0 Å². The molecular formula is C12H18O. The van der Waals surface area contributed by atoms with Gasteiger partial charge < -0.3 is 4.74 Å². The fourth-order valence-electron chi connectivity index (χ4n) is 1.65. The molecule has 0 aromatic carbocycles. The molecule has 1 rings (SSSR count). The van der Waals surface area contributed by atoms with E-state index in [4.69, 9.17) is 4.74 Å². The van der Waals surface area contributed by atoms with E-state index in [2.05, 4.69) is 32.6 Å². The van der Waals surface area contributed by atoms with Crippen molar-refractivity contribution in [1.29, 1.82) is 0 Å². The van der Waals surface area contributed by atoms with E-state index in [-0.39, 0.29) is 6.10 Å². The molecule has 0 N–H and O–H groups in total. The Hall–Kier alpha value is -0.820. The zero-order chi connectivity index (χ0) is 9.84. The molecule has 1 atom stereocenters.